The molecule has 2 heterocycles. The first-order valence-electron chi connectivity index (χ1n) is 8.87. The van der Waals surface area contributed by atoms with Gasteiger partial charge in [0.15, 0.2) is 5.96 Å². The van der Waals surface area contributed by atoms with Gasteiger partial charge < -0.3 is 15.4 Å². The van der Waals surface area contributed by atoms with Gasteiger partial charge in [0, 0.05) is 31.7 Å². The quantitative estimate of drug-likeness (QED) is 0.301. The summed E-state index contributed by atoms with van der Waals surface area (Å²) in [5.74, 6) is 2.46. The smallest absolute Gasteiger partial charge is 0.191 e. The van der Waals surface area contributed by atoms with Gasteiger partial charge in [-0.1, -0.05) is 12.1 Å². The number of benzene rings is 1. The molecule has 8 heteroatoms. The Morgan fingerprint density at radius 3 is 2.61 bits per heavy atom. The van der Waals surface area contributed by atoms with E-state index in [1.54, 1.807) is 25.8 Å². The van der Waals surface area contributed by atoms with Gasteiger partial charge in [-0.15, -0.1) is 24.0 Å². The Hall–Kier alpha value is -2.62. The van der Waals surface area contributed by atoms with E-state index in [1.165, 1.54) is 0 Å². The van der Waals surface area contributed by atoms with Gasteiger partial charge in [-0.05, 0) is 42.3 Å². The molecule has 0 spiro atoms. The number of imidazole rings is 1. The second-order valence-electron chi connectivity index (χ2n) is 5.89. The van der Waals surface area contributed by atoms with Gasteiger partial charge in [-0.2, -0.15) is 0 Å². The highest BCUT2D eigenvalue weighted by molar-refractivity contribution is 14.0. The van der Waals surface area contributed by atoms with E-state index in [9.17, 15) is 0 Å². The van der Waals surface area contributed by atoms with Crippen molar-refractivity contribution < 1.29 is 4.74 Å². The van der Waals surface area contributed by atoms with E-state index in [4.69, 9.17) is 4.74 Å². The number of methoxy groups -OCH3 is 1. The third kappa shape index (κ3) is 6.22. The normalized spacial score (nSPS) is 10.9. The molecule has 0 aliphatic rings. The predicted octanol–water partition coefficient (Wildman–Crippen LogP) is 3.15. The lowest BCUT2D eigenvalue weighted by atomic mass is 10.2. The lowest BCUT2D eigenvalue weighted by molar-refractivity contribution is 0.414. The van der Waals surface area contributed by atoms with E-state index < -0.39 is 0 Å². The SMILES string of the molecule is CCNC(=NCc1ccnc(-n2ccnc2)c1)NCc1ccc(OC)cc1.I. The van der Waals surface area contributed by atoms with Crippen LogP contribution in [0, 0.1) is 0 Å². The van der Waals surface area contributed by atoms with Crippen molar-refractivity contribution in [3.8, 4) is 11.6 Å². The molecular weight excluding hydrogens is 467 g/mol. The molecule has 0 amide bonds. The minimum Gasteiger partial charge on any atom is -0.497 e. The fraction of sp³-hybridized carbons (Fsp3) is 0.250. The number of aliphatic imine (C=N–C) groups is 1. The fourth-order valence-electron chi connectivity index (χ4n) is 2.54. The van der Waals surface area contributed by atoms with Crippen LogP contribution in [-0.4, -0.2) is 34.1 Å². The molecule has 0 radical (unpaired) electrons. The van der Waals surface area contributed by atoms with Crippen LogP contribution in [0.5, 0.6) is 5.75 Å². The van der Waals surface area contributed by atoms with Gasteiger partial charge in [0.25, 0.3) is 0 Å². The molecule has 0 fully saturated rings. The Balaban J connectivity index is 0.00000280. The Morgan fingerprint density at radius 2 is 1.93 bits per heavy atom. The summed E-state index contributed by atoms with van der Waals surface area (Å²) >= 11 is 0. The highest BCUT2D eigenvalue weighted by Gasteiger charge is 2.02. The van der Waals surface area contributed by atoms with Crippen LogP contribution in [0.15, 0.2) is 66.3 Å². The zero-order chi connectivity index (χ0) is 18.9. The Bertz CT molecular complexity index is 865. The third-order valence-corrected chi connectivity index (χ3v) is 3.96. The maximum absolute atomic E-state index is 5.19. The molecule has 0 unspecified atom stereocenters. The van der Waals surface area contributed by atoms with Crippen molar-refractivity contribution in [2.24, 2.45) is 4.99 Å². The van der Waals surface area contributed by atoms with Crippen LogP contribution in [0.1, 0.15) is 18.1 Å². The number of ether oxygens (including phenoxy) is 1. The maximum atomic E-state index is 5.19. The topological polar surface area (TPSA) is 76.4 Å². The summed E-state index contributed by atoms with van der Waals surface area (Å²) in [6.07, 6.45) is 7.13. The number of hydrogen-bond donors (Lipinski definition) is 2. The van der Waals surface area contributed by atoms with Crippen molar-refractivity contribution in [2.75, 3.05) is 13.7 Å². The number of hydrogen-bond acceptors (Lipinski definition) is 4. The highest BCUT2D eigenvalue weighted by atomic mass is 127. The maximum Gasteiger partial charge on any atom is 0.191 e. The molecule has 0 aliphatic heterocycles. The van der Waals surface area contributed by atoms with Gasteiger partial charge in [0.2, 0.25) is 0 Å². The first kappa shape index (κ1) is 21.7. The molecule has 28 heavy (non-hydrogen) atoms. The fourth-order valence-corrected chi connectivity index (χ4v) is 2.54. The number of rotatable bonds is 7. The molecule has 1 aromatic carbocycles. The molecule has 3 rings (SSSR count). The van der Waals surface area contributed by atoms with Gasteiger partial charge >= 0.3 is 0 Å². The minimum atomic E-state index is 0. The summed E-state index contributed by atoms with van der Waals surface area (Å²) in [5.41, 5.74) is 2.24. The number of nitrogens with one attached hydrogen (secondary N) is 2. The van der Waals surface area contributed by atoms with E-state index in [1.807, 2.05) is 54.1 Å². The number of guanidine groups is 1. The summed E-state index contributed by atoms with van der Waals surface area (Å²) in [6, 6.07) is 12.0. The molecule has 2 N–H and O–H groups in total. The number of halogens is 1. The van der Waals surface area contributed by atoms with E-state index in [0.29, 0.717) is 13.1 Å². The first-order chi connectivity index (χ1) is 13.3. The van der Waals surface area contributed by atoms with Crippen molar-refractivity contribution in [3.63, 3.8) is 0 Å². The standard InChI is InChI=1S/C20H24N6O.HI/c1-3-22-20(24-13-16-4-6-18(27-2)7-5-16)25-14-17-8-9-23-19(12-17)26-11-10-21-15-26;/h4-12,15H,3,13-14H2,1-2H3,(H2,22,24,25);1H. The number of nitrogens with zero attached hydrogens (tertiary/aromatic N) is 4. The zero-order valence-electron chi connectivity index (χ0n) is 16.0. The van der Waals surface area contributed by atoms with Crippen LogP contribution in [0.3, 0.4) is 0 Å². The lowest BCUT2D eigenvalue weighted by Crippen LogP contribution is -2.36. The highest BCUT2D eigenvalue weighted by Crippen LogP contribution is 2.11. The predicted molar refractivity (Wildman–Crippen MR) is 121 cm³/mol. The Morgan fingerprint density at radius 1 is 1.11 bits per heavy atom. The monoisotopic (exact) mass is 492 g/mol. The van der Waals surface area contributed by atoms with Crippen molar-refractivity contribution >= 4 is 29.9 Å². The van der Waals surface area contributed by atoms with Gasteiger partial charge in [0.1, 0.15) is 17.9 Å². The number of aromatic nitrogens is 3. The molecule has 0 bridgehead atoms. The van der Waals surface area contributed by atoms with E-state index >= 15 is 0 Å². The van der Waals surface area contributed by atoms with E-state index in [2.05, 4.69) is 25.6 Å². The molecule has 148 valence electrons. The molecule has 0 atom stereocenters. The first-order valence-corrected chi connectivity index (χ1v) is 8.87. The Labute approximate surface area is 182 Å². The molecule has 0 saturated carbocycles. The summed E-state index contributed by atoms with van der Waals surface area (Å²) < 4.78 is 7.07. The average Bonchev–Trinajstić information content (AvgIpc) is 3.26. The van der Waals surface area contributed by atoms with E-state index in [-0.39, 0.29) is 24.0 Å². The second kappa shape index (κ2) is 11.3. The molecule has 0 aliphatic carbocycles. The van der Waals surface area contributed by atoms with E-state index in [0.717, 1.165) is 35.2 Å². The zero-order valence-corrected chi connectivity index (χ0v) is 18.3. The van der Waals surface area contributed by atoms with Crippen LogP contribution in [0.2, 0.25) is 0 Å². The van der Waals surface area contributed by atoms with Gasteiger partial charge in [0.05, 0.1) is 13.7 Å². The molecule has 0 saturated heterocycles. The summed E-state index contributed by atoms with van der Waals surface area (Å²) in [6.45, 7) is 4.09. The summed E-state index contributed by atoms with van der Waals surface area (Å²) in [4.78, 5) is 13.1. The van der Waals surface area contributed by atoms with Crippen molar-refractivity contribution in [3.05, 3.63) is 72.4 Å². The number of pyridine rings is 1. The van der Waals surface area contributed by atoms with Crippen LogP contribution < -0.4 is 15.4 Å². The molecule has 2 aromatic heterocycles. The second-order valence-corrected chi connectivity index (χ2v) is 5.89. The van der Waals surface area contributed by atoms with Crippen molar-refractivity contribution in [1.82, 2.24) is 25.2 Å². The average molecular weight is 492 g/mol. The van der Waals surface area contributed by atoms with Crippen LogP contribution in [-0.2, 0) is 13.1 Å². The molecule has 7 nitrogen and oxygen atoms in total. The van der Waals surface area contributed by atoms with Crippen molar-refractivity contribution in [2.45, 2.75) is 20.0 Å². The van der Waals surface area contributed by atoms with Crippen LogP contribution in [0.4, 0.5) is 0 Å². The largest absolute Gasteiger partial charge is 0.497 e. The lowest BCUT2D eigenvalue weighted by Gasteiger charge is -2.12. The van der Waals surface area contributed by atoms with Gasteiger partial charge in [-0.25, -0.2) is 15.0 Å². The summed E-state index contributed by atoms with van der Waals surface area (Å²) in [5, 5.41) is 6.63. The third-order valence-electron chi connectivity index (χ3n) is 3.96. The van der Waals surface area contributed by atoms with Gasteiger partial charge in [-0.3, -0.25) is 4.57 Å². The van der Waals surface area contributed by atoms with Crippen LogP contribution >= 0.6 is 24.0 Å². The molecular formula is C20H25IN6O. The summed E-state index contributed by atoms with van der Waals surface area (Å²) in [7, 11) is 1.67. The van der Waals surface area contributed by atoms with Crippen molar-refractivity contribution in [1.29, 1.82) is 0 Å². The van der Waals surface area contributed by atoms with Crippen LogP contribution in [0.25, 0.3) is 5.82 Å². The molecule has 3 aromatic rings. The Kier molecular flexibility index (Phi) is 8.73. The minimum absolute atomic E-state index is 0.